The van der Waals surface area contributed by atoms with Gasteiger partial charge < -0.3 is 19.9 Å². The zero-order valence-corrected chi connectivity index (χ0v) is 16.0. The van der Waals surface area contributed by atoms with E-state index in [0.29, 0.717) is 19.6 Å². The van der Waals surface area contributed by atoms with Crippen LogP contribution in [-0.4, -0.2) is 60.6 Å². The van der Waals surface area contributed by atoms with Gasteiger partial charge in [-0.2, -0.15) is 0 Å². The first-order valence-electron chi connectivity index (χ1n) is 9.45. The fourth-order valence-corrected chi connectivity index (χ4v) is 3.71. The molecule has 26 heavy (non-hydrogen) atoms. The van der Waals surface area contributed by atoms with Crippen LogP contribution < -0.4 is 5.32 Å². The maximum Gasteiger partial charge on any atom is 0.317 e. The van der Waals surface area contributed by atoms with Gasteiger partial charge in [0, 0.05) is 26.7 Å². The van der Waals surface area contributed by atoms with Crippen LogP contribution in [0.2, 0.25) is 0 Å². The summed E-state index contributed by atoms with van der Waals surface area (Å²) in [6, 6.07) is 8.32. The molecule has 2 aliphatic rings. The SMILES string of the molecule is CCc1ccc(C(C)NC(=O)N2CCC3(CC2)CN(C)C(=O)CO3)cc1. The van der Waals surface area contributed by atoms with Gasteiger partial charge in [-0.1, -0.05) is 31.2 Å². The number of hydrogen-bond donors (Lipinski definition) is 1. The molecule has 2 heterocycles. The molecular formula is C20H29N3O3. The number of morpholine rings is 1. The van der Waals surface area contributed by atoms with Gasteiger partial charge >= 0.3 is 6.03 Å². The van der Waals surface area contributed by atoms with Crippen molar-refractivity contribution in [3.63, 3.8) is 0 Å². The van der Waals surface area contributed by atoms with E-state index in [1.807, 2.05) is 18.9 Å². The lowest BCUT2D eigenvalue weighted by molar-refractivity contribution is -0.167. The molecule has 1 atom stereocenters. The average Bonchev–Trinajstić information content (AvgIpc) is 2.65. The highest BCUT2D eigenvalue weighted by Gasteiger charge is 2.42. The third kappa shape index (κ3) is 4.01. The molecule has 1 aromatic carbocycles. The van der Waals surface area contributed by atoms with E-state index in [4.69, 9.17) is 4.74 Å². The van der Waals surface area contributed by atoms with Crippen molar-refractivity contribution < 1.29 is 14.3 Å². The number of nitrogens with zero attached hydrogens (tertiary/aromatic N) is 2. The number of carbonyl (C=O) groups excluding carboxylic acids is 2. The molecule has 0 aromatic heterocycles. The molecule has 2 aliphatic heterocycles. The van der Waals surface area contributed by atoms with Gasteiger partial charge in [0.1, 0.15) is 6.61 Å². The quantitative estimate of drug-likeness (QED) is 0.901. The Kier molecular flexibility index (Phi) is 5.51. The molecule has 1 spiro atoms. The lowest BCUT2D eigenvalue weighted by atomic mass is 9.89. The molecule has 0 radical (unpaired) electrons. The molecule has 3 rings (SSSR count). The average molecular weight is 359 g/mol. The predicted octanol–water partition coefficient (Wildman–Crippen LogP) is 2.34. The monoisotopic (exact) mass is 359 g/mol. The summed E-state index contributed by atoms with van der Waals surface area (Å²) in [6.07, 6.45) is 2.54. The van der Waals surface area contributed by atoms with E-state index in [1.54, 1.807) is 4.90 Å². The fraction of sp³-hybridized carbons (Fsp3) is 0.600. The summed E-state index contributed by atoms with van der Waals surface area (Å²) in [5.74, 6) is 0.0266. The highest BCUT2D eigenvalue weighted by molar-refractivity contribution is 5.78. The van der Waals surface area contributed by atoms with E-state index in [-0.39, 0.29) is 30.2 Å². The van der Waals surface area contributed by atoms with Gasteiger partial charge in [0.05, 0.1) is 11.6 Å². The third-order valence-corrected chi connectivity index (χ3v) is 5.64. The molecule has 1 N–H and O–H groups in total. The summed E-state index contributed by atoms with van der Waals surface area (Å²) in [7, 11) is 1.82. The van der Waals surface area contributed by atoms with Gasteiger partial charge in [0.2, 0.25) is 5.91 Å². The van der Waals surface area contributed by atoms with Gasteiger partial charge in [-0.25, -0.2) is 4.79 Å². The van der Waals surface area contributed by atoms with Gasteiger partial charge in [0.15, 0.2) is 0 Å². The van der Waals surface area contributed by atoms with Gasteiger partial charge in [-0.3, -0.25) is 4.79 Å². The number of urea groups is 1. The summed E-state index contributed by atoms with van der Waals surface area (Å²) in [6.45, 7) is 6.20. The van der Waals surface area contributed by atoms with E-state index < -0.39 is 0 Å². The zero-order chi connectivity index (χ0) is 18.7. The lowest BCUT2D eigenvalue weighted by Crippen LogP contribution is -2.59. The van der Waals surface area contributed by atoms with Crippen LogP contribution in [0.15, 0.2) is 24.3 Å². The molecule has 0 bridgehead atoms. The van der Waals surface area contributed by atoms with Crippen LogP contribution >= 0.6 is 0 Å². The number of likely N-dealkylation sites (N-methyl/N-ethyl adjacent to an activating group) is 1. The molecule has 6 nitrogen and oxygen atoms in total. The smallest absolute Gasteiger partial charge is 0.317 e. The molecular weight excluding hydrogens is 330 g/mol. The second-order valence-corrected chi connectivity index (χ2v) is 7.47. The minimum absolute atomic E-state index is 0.0266. The second-order valence-electron chi connectivity index (χ2n) is 7.47. The van der Waals surface area contributed by atoms with Crippen molar-refractivity contribution in [2.75, 3.05) is 33.3 Å². The largest absolute Gasteiger partial charge is 0.363 e. The van der Waals surface area contributed by atoms with Gasteiger partial charge in [-0.05, 0) is 37.3 Å². The Hall–Kier alpha value is -2.08. The summed E-state index contributed by atoms with van der Waals surface area (Å²) in [5.41, 5.74) is 2.12. The van der Waals surface area contributed by atoms with Crippen molar-refractivity contribution in [2.45, 2.75) is 44.8 Å². The number of likely N-dealkylation sites (tertiary alicyclic amines) is 1. The topological polar surface area (TPSA) is 61.9 Å². The maximum atomic E-state index is 12.6. The lowest BCUT2D eigenvalue weighted by Gasteiger charge is -2.46. The first-order chi connectivity index (χ1) is 12.4. The molecule has 2 fully saturated rings. The number of rotatable bonds is 3. The van der Waals surface area contributed by atoms with Crippen molar-refractivity contribution in [1.29, 1.82) is 0 Å². The number of benzene rings is 1. The number of ether oxygens (including phenoxy) is 1. The van der Waals surface area contributed by atoms with Crippen LogP contribution in [0.5, 0.6) is 0 Å². The Morgan fingerprint density at radius 2 is 1.92 bits per heavy atom. The Morgan fingerprint density at radius 1 is 1.27 bits per heavy atom. The molecule has 3 amide bonds. The number of piperidine rings is 1. The van der Waals surface area contributed by atoms with Crippen LogP contribution in [0.1, 0.15) is 43.9 Å². The van der Waals surface area contributed by atoms with Crippen molar-refractivity contribution >= 4 is 11.9 Å². The standard InChI is InChI=1S/C20H29N3O3/c1-4-16-5-7-17(8-6-16)15(2)21-19(25)23-11-9-20(10-12-23)14-22(3)18(24)13-26-20/h5-8,15H,4,9-14H2,1-3H3,(H,21,25). The summed E-state index contributed by atoms with van der Waals surface area (Å²) in [5, 5.41) is 3.09. The molecule has 0 saturated carbocycles. The molecule has 6 heteroatoms. The molecule has 1 aromatic rings. The number of nitrogens with one attached hydrogen (secondary N) is 1. The van der Waals surface area contributed by atoms with Gasteiger partial charge in [0.25, 0.3) is 0 Å². The molecule has 0 aliphatic carbocycles. The van der Waals surface area contributed by atoms with E-state index >= 15 is 0 Å². The Labute approximate surface area is 155 Å². The zero-order valence-electron chi connectivity index (χ0n) is 16.0. The molecule has 1 unspecified atom stereocenters. The third-order valence-electron chi connectivity index (χ3n) is 5.64. The van der Waals surface area contributed by atoms with Crippen LogP contribution in [0.4, 0.5) is 4.79 Å². The van der Waals surface area contributed by atoms with Crippen molar-refractivity contribution in [3.8, 4) is 0 Å². The van der Waals surface area contributed by atoms with Crippen LogP contribution in [0, 0.1) is 0 Å². The number of hydrogen-bond acceptors (Lipinski definition) is 3. The van der Waals surface area contributed by atoms with E-state index in [2.05, 4.69) is 36.5 Å². The maximum absolute atomic E-state index is 12.6. The van der Waals surface area contributed by atoms with Crippen LogP contribution in [-0.2, 0) is 16.0 Å². The minimum atomic E-state index is -0.291. The Bertz CT molecular complexity index is 651. The highest BCUT2D eigenvalue weighted by Crippen LogP contribution is 2.30. The molecule has 2 saturated heterocycles. The first-order valence-corrected chi connectivity index (χ1v) is 9.45. The van der Waals surface area contributed by atoms with Crippen molar-refractivity contribution in [2.24, 2.45) is 0 Å². The summed E-state index contributed by atoms with van der Waals surface area (Å²) >= 11 is 0. The first kappa shape index (κ1) is 18.7. The van der Waals surface area contributed by atoms with Crippen molar-refractivity contribution in [1.82, 2.24) is 15.1 Å². The normalized spacial score (nSPS) is 21.0. The number of aryl methyl sites for hydroxylation is 1. The summed E-state index contributed by atoms with van der Waals surface area (Å²) in [4.78, 5) is 27.8. The number of carbonyl (C=O) groups is 2. The van der Waals surface area contributed by atoms with E-state index in [9.17, 15) is 9.59 Å². The van der Waals surface area contributed by atoms with Crippen molar-refractivity contribution in [3.05, 3.63) is 35.4 Å². The second kappa shape index (κ2) is 7.66. The molecule has 142 valence electrons. The van der Waals surface area contributed by atoms with E-state index in [1.165, 1.54) is 5.56 Å². The van der Waals surface area contributed by atoms with Gasteiger partial charge in [-0.15, -0.1) is 0 Å². The Morgan fingerprint density at radius 3 is 2.50 bits per heavy atom. The minimum Gasteiger partial charge on any atom is -0.363 e. The van der Waals surface area contributed by atoms with Crippen LogP contribution in [0.3, 0.4) is 0 Å². The summed E-state index contributed by atoms with van der Waals surface area (Å²) < 4.78 is 5.84. The predicted molar refractivity (Wildman–Crippen MR) is 99.9 cm³/mol. The van der Waals surface area contributed by atoms with Crippen LogP contribution in [0.25, 0.3) is 0 Å². The van der Waals surface area contributed by atoms with E-state index in [0.717, 1.165) is 24.8 Å². The highest BCUT2D eigenvalue weighted by atomic mass is 16.5. The fourth-order valence-electron chi connectivity index (χ4n) is 3.71. The Balaban J connectivity index is 1.52. The number of amides is 3.